The minimum Gasteiger partial charge on any atom is -0.338 e. The zero-order valence-corrected chi connectivity index (χ0v) is 11.6. The van der Waals surface area contributed by atoms with Gasteiger partial charge in [-0.05, 0) is 31.0 Å². The summed E-state index contributed by atoms with van der Waals surface area (Å²) in [6, 6.07) is 8.15. The van der Waals surface area contributed by atoms with Crippen molar-refractivity contribution in [2.45, 2.75) is 32.1 Å². The van der Waals surface area contributed by atoms with Crippen molar-refractivity contribution in [1.82, 2.24) is 5.32 Å². The van der Waals surface area contributed by atoms with Gasteiger partial charge in [-0.3, -0.25) is 4.90 Å². The summed E-state index contributed by atoms with van der Waals surface area (Å²) in [5, 5.41) is 2.98. The molecular formula is C15H23N3O. The smallest absolute Gasteiger partial charge is 0.321 e. The number of nitrogens with zero attached hydrogens (tertiary/aromatic N) is 1. The Morgan fingerprint density at radius 2 is 2.26 bits per heavy atom. The Balaban J connectivity index is 2.08. The van der Waals surface area contributed by atoms with E-state index in [-0.39, 0.29) is 6.03 Å². The van der Waals surface area contributed by atoms with Gasteiger partial charge in [-0.15, -0.1) is 0 Å². The van der Waals surface area contributed by atoms with Crippen molar-refractivity contribution in [2.24, 2.45) is 5.73 Å². The highest BCUT2D eigenvalue weighted by Gasteiger charge is 2.31. The minimum absolute atomic E-state index is 0.0143. The lowest BCUT2D eigenvalue weighted by Crippen LogP contribution is -2.39. The predicted molar refractivity (Wildman–Crippen MR) is 78.5 cm³/mol. The van der Waals surface area contributed by atoms with Gasteiger partial charge in [0.05, 0.1) is 0 Å². The molecule has 0 bridgehead atoms. The number of carbonyl (C=O) groups excluding carboxylic acids is 1. The molecule has 0 saturated carbocycles. The molecule has 4 heteroatoms. The summed E-state index contributed by atoms with van der Waals surface area (Å²) in [4.78, 5) is 14.1. The highest BCUT2D eigenvalue weighted by atomic mass is 16.2. The van der Waals surface area contributed by atoms with Crippen LogP contribution in [0.15, 0.2) is 24.3 Å². The zero-order chi connectivity index (χ0) is 13.7. The summed E-state index contributed by atoms with van der Waals surface area (Å²) in [5.74, 6) is 0.373. The van der Waals surface area contributed by atoms with E-state index in [0.717, 1.165) is 38.0 Å². The molecule has 1 aromatic rings. The van der Waals surface area contributed by atoms with Crippen LogP contribution in [0.1, 0.15) is 37.7 Å². The molecule has 1 heterocycles. The number of carbonyl (C=O) groups is 1. The number of urea groups is 1. The summed E-state index contributed by atoms with van der Waals surface area (Å²) < 4.78 is 0. The number of anilines is 1. The van der Waals surface area contributed by atoms with E-state index in [9.17, 15) is 4.79 Å². The summed E-state index contributed by atoms with van der Waals surface area (Å²) in [7, 11) is 0. The molecule has 1 atom stereocenters. The van der Waals surface area contributed by atoms with E-state index in [2.05, 4.69) is 18.3 Å². The Morgan fingerprint density at radius 1 is 1.47 bits per heavy atom. The summed E-state index contributed by atoms with van der Waals surface area (Å²) in [5.41, 5.74) is 7.95. The van der Waals surface area contributed by atoms with Crippen LogP contribution in [0.3, 0.4) is 0 Å². The van der Waals surface area contributed by atoms with Gasteiger partial charge in [0.2, 0.25) is 0 Å². The molecule has 4 nitrogen and oxygen atoms in total. The van der Waals surface area contributed by atoms with Crippen molar-refractivity contribution in [2.75, 3.05) is 24.5 Å². The number of nitrogens with two attached hydrogens (primary N) is 1. The number of benzene rings is 1. The molecule has 0 aromatic heterocycles. The molecule has 3 N–H and O–H groups in total. The number of hydrogen-bond acceptors (Lipinski definition) is 2. The van der Waals surface area contributed by atoms with Crippen LogP contribution in [0.2, 0.25) is 0 Å². The average molecular weight is 261 g/mol. The van der Waals surface area contributed by atoms with Crippen molar-refractivity contribution in [3.63, 3.8) is 0 Å². The van der Waals surface area contributed by atoms with Crippen molar-refractivity contribution >= 4 is 11.7 Å². The van der Waals surface area contributed by atoms with Crippen molar-refractivity contribution in [1.29, 1.82) is 0 Å². The molecule has 1 aliphatic heterocycles. The Kier molecular flexibility index (Phi) is 4.80. The van der Waals surface area contributed by atoms with Crippen molar-refractivity contribution < 1.29 is 4.79 Å². The highest BCUT2D eigenvalue weighted by Crippen LogP contribution is 2.37. The van der Waals surface area contributed by atoms with Crippen LogP contribution in [0, 0.1) is 0 Å². The van der Waals surface area contributed by atoms with Gasteiger partial charge in [0.25, 0.3) is 0 Å². The Bertz CT molecular complexity index is 433. The molecule has 2 amide bonds. The van der Waals surface area contributed by atoms with Crippen molar-refractivity contribution in [3.05, 3.63) is 29.8 Å². The van der Waals surface area contributed by atoms with Crippen LogP contribution in [-0.4, -0.2) is 25.7 Å². The lowest BCUT2D eigenvalue weighted by atomic mass is 9.98. The van der Waals surface area contributed by atoms with E-state index in [1.807, 2.05) is 23.1 Å². The number of unbranched alkanes of at least 4 members (excludes halogenated alkanes) is 1. The fourth-order valence-corrected chi connectivity index (χ4v) is 2.60. The number of para-hydroxylation sites is 1. The molecule has 1 aliphatic rings. The van der Waals surface area contributed by atoms with Crippen LogP contribution in [0.5, 0.6) is 0 Å². The Morgan fingerprint density at radius 3 is 3.00 bits per heavy atom. The van der Waals surface area contributed by atoms with Gasteiger partial charge in [-0.25, -0.2) is 4.79 Å². The average Bonchev–Trinajstić information content (AvgIpc) is 2.79. The van der Waals surface area contributed by atoms with E-state index in [1.54, 1.807) is 0 Å². The Hall–Kier alpha value is -1.55. The number of fused-ring (bicyclic) bond motifs is 1. The van der Waals surface area contributed by atoms with E-state index in [4.69, 9.17) is 5.73 Å². The topological polar surface area (TPSA) is 58.4 Å². The van der Waals surface area contributed by atoms with E-state index >= 15 is 0 Å². The summed E-state index contributed by atoms with van der Waals surface area (Å²) in [6.07, 6.45) is 3.04. The molecule has 0 fully saturated rings. The minimum atomic E-state index is 0.0143. The molecule has 1 aromatic carbocycles. The SMILES string of the molecule is CCCCNC(=O)N1CC(CCN)c2ccccc21. The fourth-order valence-electron chi connectivity index (χ4n) is 2.60. The maximum atomic E-state index is 12.2. The third-order valence-corrected chi connectivity index (χ3v) is 3.64. The molecule has 1 unspecified atom stereocenters. The molecule has 0 aliphatic carbocycles. The first-order chi connectivity index (χ1) is 9.27. The van der Waals surface area contributed by atoms with E-state index in [0.29, 0.717) is 12.5 Å². The van der Waals surface area contributed by atoms with Crippen LogP contribution in [-0.2, 0) is 0 Å². The van der Waals surface area contributed by atoms with Gasteiger partial charge >= 0.3 is 6.03 Å². The first-order valence-corrected chi connectivity index (χ1v) is 7.12. The van der Waals surface area contributed by atoms with Crippen LogP contribution >= 0.6 is 0 Å². The maximum absolute atomic E-state index is 12.2. The second-order valence-electron chi connectivity index (χ2n) is 5.03. The first kappa shape index (κ1) is 13.9. The molecule has 0 radical (unpaired) electrons. The molecular weight excluding hydrogens is 238 g/mol. The zero-order valence-electron chi connectivity index (χ0n) is 11.6. The first-order valence-electron chi connectivity index (χ1n) is 7.12. The van der Waals surface area contributed by atoms with E-state index in [1.165, 1.54) is 5.56 Å². The summed E-state index contributed by atoms with van der Waals surface area (Å²) >= 11 is 0. The normalized spacial score (nSPS) is 17.4. The number of rotatable bonds is 5. The molecule has 2 rings (SSSR count). The Labute approximate surface area is 115 Å². The largest absolute Gasteiger partial charge is 0.338 e. The van der Waals surface area contributed by atoms with Crippen LogP contribution in [0.25, 0.3) is 0 Å². The highest BCUT2D eigenvalue weighted by molar-refractivity contribution is 5.94. The van der Waals surface area contributed by atoms with Crippen molar-refractivity contribution in [3.8, 4) is 0 Å². The molecule has 0 spiro atoms. The second kappa shape index (κ2) is 6.57. The monoisotopic (exact) mass is 261 g/mol. The summed E-state index contributed by atoms with van der Waals surface area (Å²) in [6.45, 7) is 4.27. The molecule has 104 valence electrons. The number of hydrogen-bond donors (Lipinski definition) is 2. The second-order valence-corrected chi connectivity index (χ2v) is 5.03. The predicted octanol–water partition coefficient (Wildman–Crippen LogP) is 2.45. The maximum Gasteiger partial charge on any atom is 0.321 e. The van der Waals surface area contributed by atoms with Crippen LogP contribution < -0.4 is 16.0 Å². The number of amides is 2. The van der Waals surface area contributed by atoms with Gasteiger partial charge < -0.3 is 11.1 Å². The van der Waals surface area contributed by atoms with Gasteiger partial charge in [0, 0.05) is 24.7 Å². The fraction of sp³-hybridized carbons (Fsp3) is 0.533. The lowest BCUT2D eigenvalue weighted by molar-refractivity contribution is 0.246. The third-order valence-electron chi connectivity index (χ3n) is 3.64. The van der Waals surface area contributed by atoms with Gasteiger partial charge in [-0.1, -0.05) is 31.5 Å². The number of nitrogens with one attached hydrogen (secondary N) is 1. The molecule has 19 heavy (non-hydrogen) atoms. The van der Waals surface area contributed by atoms with Gasteiger partial charge in [-0.2, -0.15) is 0 Å². The van der Waals surface area contributed by atoms with E-state index < -0.39 is 0 Å². The molecule has 0 saturated heterocycles. The van der Waals surface area contributed by atoms with Gasteiger partial charge in [0.15, 0.2) is 0 Å². The standard InChI is InChI=1S/C15H23N3O/c1-2-3-10-17-15(19)18-11-12(8-9-16)13-6-4-5-7-14(13)18/h4-7,12H,2-3,8-11,16H2,1H3,(H,17,19). The third kappa shape index (κ3) is 3.07. The van der Waals surface area contributed by atoms with Gasteiger partial charge in [0.1, 0.15) is 0 Å². The van der Waals surface area contributed by atoms with Crippen LogP contribution in [0.4, 0.5) is 10.5 Å². The quantitative estimate of drug-likeness (QED) is 0.800. The lowest BCUT2D eigenvalue weighted by Gasteiger charge is -2.18.